The van der Waals surface area contributed by atoms with E-state index in [1.54, 1.807) is 36.4 Å². The molecule has 2 amide bonds. The first kappa shape index (κ1) is 30.9. The van der Waals surface area contributed by atoms with E-state index in [0.717, 1.165) is 28.8 Å². The van der Waals surface area contributed by atoms with Crippen molar-refractivity contribution in [2.24, 2.45) is 11.3 Å². The Morgan fingerprint density at radius 1 is 0.841 bits per heavy atom. The average Bonchev–Trinajstić information content (AvgIpc) is 3.32. The van der Waals surface area contributed by atoms with Crippen molar-refractivity contribution >= 4 is 40.7 Å². The molecule has 3 aliphatic rings. The molecule has 0 atom stereocenters. The minimum Gasteiger partial charge on any atom is -0.393 e. The van der Waals surface area contributed by atoms with Crippen LogP contribution in [0.25, 0.3) is 22.3 Å². The Morgan fingerprint density at radius 2 is 1.45 bits per heavy atom. The lowest BCUT2D eigenvalue weighted by Crippen LogP contribution is -2.42. The summed E-state index contributed by atoms with van der Waals surface area (Å²) in [4.78, 5) is 30.0. The highest BCUT2D eigenvalue weighted by atomic mass is 35.5. The summed E-state index contributed by atoms with van der Waals surface area (Å²) in [6.07, 6.45) is -1.36. The molecule has 6 rings (SSSR count). The zero-order valence-corrected chi connectivity index (χ0v) is 25.6. The normalized spacial score (nSPS) is 23.0. The molecule has 1 spiro atoms. The minimum absolute atomic E-state index is 0.0754. The number of anilines is 1. The average molecular weight is 646 g/mol. The Hall–Kier alpha value is -3.07. The van der Waals surface area contributed by atoms with Gasteiger partial charge in [0, 0.05) is 36.3 Å². The van der Waals surface area contributed by atoms with Crippen LogP contribution < -0.4 is 4.90 Å². The first-order valence-corrected chi connectivity index (χ1v) is 15.8. The molecular weight excluding hydrogens is 612 g/mol. The molecule has 3 aromatic rings. The second-order valence-corrected chi connectivity index (χ2v) is 13.1. The van der Waals surface area contributed by atoms with E-state index in [1.807, 2.05) is 29.2 Å². The number of aliphatic hydroxyl groups is 1. The number of piperidine rings is 1. The second-order valence-electron chi connectivity index (χ2n) is 12.2. The summed E-state index contributed by atoms with van der Waals surface area (Å²) in [7, 11) is 0. The van der Waals surface area contributed by atoms with E-state index in [2.05, 4.69) is 0 Å². The van der Waals surface area contributed by atoms with Crippen LogP contribution in [-0.2, 0) is 4.79 Å². The minimum atomic E-state index is -4.23. The van der Waals surface area contributed by atoms with Gasteiger partial charge in [0.15, 0.2) is 0 Å². The number of rotatable bonds is 4. The van der Waals surface area contributed by atoms with Crippen LogP contribution in [0.4, 0.5) is 18.9 Å². The van der Waals surface area contributed by atoms with E-state index in [9.17, 15) is 27.9 Å². The third kappa shape index (κ3) is 5.84. The number of hydrogen-bond acceptors (Lipinski definition) is 3. The molecule has 1 aliphatic carbocycles. The van der Waals surface area contributed by atoms with Crippen molar-refractivity contribution < 1.29 is 27.9 Å². The number of para-hydroxylation sites is 1. The van der Waals surface area contributed by atoms with Crippen molar-refractivity contribution in [2.45, 2.75) is 57.2 Å². The molecule has 5 nitrogen and oxygen atoms in total. The third-order valence-electron chi connectivity index (χ3n) is 9.64. The van der Waals surface area contributed by atoms with Crippen molar-refractivity contribution in [3.8, 4) is 22.3 Å². The zero-order chi connectivity index (χ0) is 31.2. The topological polar surface area (TPSA) is 60.9 Å². The molecule has 0 aromatic heterocycles. The van der Waals surface area contributed by atoms with E-state index in [1.165, 1.54) is 4.90 Å². The predicted molar refractivity (Wildman–Crippen MR) is 166 cm³/mol. The molecule has 3 fully saturated rings. The highest BCUT2D eigenvalue weighted by molar-refractivity contribution is 6.40. The molecule has 2 aliphatic heterocycles. The quantitative estimate of drug-likeness (QED) is 0.310. The summed E-state index contributed by atoms with van der Waals surface area (Å²) >= 11 is 13.7. The van der Waals surface area contributed by atoms with Crippen LogP contribution in [0.2, 0.25) is 10.0 Å². The summed E-state index contributed by atoms with van der Waals surface area (Å²) in [6, 6.07) is 18.1. The fraction of sp³-hybridized carbons (Fsp3) is 0.412. The maximum absolute atomic E-state index is 13.7. The summed E-state index contributed by atoms with van der Waals surface area (Å²) in [5, 5.41) is 10.8. The largest absolute Gasteiger partial charge is 0.393 e. The van der Waals surface area contributed by atoms with Crippen molar-refractivity contribution in [3.63, 3.8) is 0 Å². The molecule has 44 heavy (non-hydrogen) atoms. The number of benzene rings is 3. The number of nitrogens with zero attached hydrogens (tertiary/aromatic N) is 2. The van der Waals surface area contributed by atoms with Crippen molar-refractivity contribution in [3.05, 3.63) is 76.3 Å². The van der Waals surface area contributed by atoms with Crippen LogP contribution in [0.5, 0.6) is 0 Å². The highest BCUT2D eigenvalue weighted by Crippen LogP contribution is 2.49. The smallest absolute Gasteiger partial charge is 0.391 e. The number of alkyl halides is 3. The lowest BCUT2D eigenvalue weighted by atomic mass is 9.72. The van der Waals surface area contributed by atoms with Gasteiger partial charge in [0.1, 0.15) is 0 Å². The number of carbonyl (C=O) groups is 2. The zero-order valence-electron chi connectivity index (χ0n) is 24.0. The molecule has 2 saturated heterocycles. The van der Waals surface area contributed by atoms with Gasteiger partial charge in [0.25, 0.3) is 5.91 Å². The van der Waals surface area contributed by atoms with Crippen LogP contribution in [0, 0.1) is 11.3 Å². The Labute approximate surface area is 264 Å². The molecule has 1 saturated carbocycles. The first-order valence-electron chi connectivity index (χ1n) is 15.0. The molecule has 232 valence electrons. The van der Waals surface area contributed by atoms with Gasteiger partial charge >= 0.3 is 6.18 Å². The van der Waals surface area contributed by atoms with E-state index in [4.69, 9.17) is 23.2 Å². The Morgan fingerprint density at radius 3 is 2.07 bits per heavy atom. The number of likely N-dealkylation sites (tertiary alicyclic amines) is 1. The summed E-state index contributed by atoms with van der Waals surface area (Å²) in [5.41, 5.74) is 3.61. The third-order valence-corrected chi connectivity index (χ3v) is 10.2. The van der Waals surface area contributed by atoms with Crippen LogP contribution in [-0.4, -0.2) is 53.7 Å². The fourth-order valence-corrected chi connectivity index (χ4v) is 7.68. The van der Waals surface area contributed by atoms with Crippen LogP contribution in [0.15, 0.2) is 60.7 Å². The maximum Gasteiger partial charge on any atom is 0.391 e. The molecular formula is C34H33Cl2F3N2O3. The SMILES string of the molecule is O=C(c1ccc(-c2cc(Cl)c(-c3ccccc3N3CCC4(CCC(O)CC4)C3=O)c(Cl)c2)cc1)N1CCC(C(F)(F)F)CC1. The highest BCUT2D eigenvalue weighted by Gasteiger charge is 2.49. The lowest BCUT2D eigenvalue weighted by Gasteiger charge is -2.34. The number of carbonyl (C=O) groups excluding carboxylic acids is 2. The van der Waals surface area contributed by atoms with Gasteiger partial charge in [-0.2, -0.15) is 13.2 Å². The van der Waals surface area contributed by atoms with Gasteiger partial charge in [-0.3, -0.25) is 9.59 Å². The van der Waals surface area contributed by atoms with Crippen molar-refractivity contribution in [1.82, 2.24) is 4.90 Å². The molecule has 10 heteroatoms. The molecule has 1 N–H and O–H groups in total. The molecule has 0 bridgehead atoms. The van der Waals surface area contributed by atoms with Gasteiger partial charge in [-0.1, -0.05) is 53.5 Å². The van der Waals surface area contributed by atoms with Crippen LogP contribution in [0.3, 0.4) is 0 Å². The van der Waals surface area contributed by atoms with Crippen molar-refractivity contribution in [1.29, 1.82) is 0 Å². The van der Waals surface area contributed by atoms with Crippen LogP contribution in [0.1, 0.15) is 55.3 Å². The molecule has 2 heterocycles. The van der Waals surface area contributed by atoms with Gasteiger partial charge in [-0.25, -0.2) is 0 Å². The summed E-state index contributed by atoms with van der Waals surface area (Å²) in [5.74, 6) is -1.57. The fourth-order valence-electron chi connectivity index (χ4n) is 6.98. The number of halogens is 5. The molecule has 0 unspecified atom stereocenters. The second kappa shape index (κ2) is 12.0. The monoisotopic (exact) mass is 644 g/mol. The lowest BCUT2D eigenvalue weighted by molar-refractivity contribution is -0.183. The molecule has 0 radical (unpaired) electrons. The van der Waals surface area contributed by atoms with E-state index in [-0.39, 0.29) is 43.8 Å². The summed E-state index contributed by atoms with van der Waals surface area (Å²) in [6.45, 7) is 0.739. The van der Waals surface area contributed by atoms with E-state index >= 15 is 0 Å². The number of hydrogen-bond donors (Lipinski definition) is 1. The maximum atomic E-state index is 13.7. The molecule has 3 aromatic carbocycles. The van der Waals surface area contributed by atoms with Gasteiger partial charge in [0.2, 0.25) is 5.91 Å². The van der Waals surface area contributed by atoms with E-state index in [0.29, 0.717) is 53.4 Å². The number of amides is 2. The standard InChI is InChI=1S/C34H33Cl2F3N2O3/c35-27-19-23(21-5-7-22(8-6-21)31(43)40-16-11-24(12-17-40)34(37,38)39)20-28(36)30(27)26-3-1-2-4-29(26)41-18-15-33(32(41)44)13-9-25(42)10-14-33/h1-8,19-20,24-25,42H,9-18H2. The van der Waals surface area contributed by atoms with Gasteiger partial charge < -0.3 is 14.9 Å². The predicted octanol–water partition coefficient (Wildman–Crippen LogP) is 8.40. The Balaban J connectivity index is 1.21. The van der Waals surface area contributed by atoms with Crippen LogP contribution >= 0.6 is 23.2 Å². The van der Waals surface area contributed by atoms with E-state index < -0.39 is 17.5 Å². The Bertz CT molecular complexity index is 1540. The number of aliphatic hydroxyl groups excluding tert-OH is 1. The first-order chi connectivity index (χ1) is 21.0. The van der Waals surface area contributed by atoms with Gasteiger partial charge in [0.05, 0.1) is 33.2 Å². The van der Waals surface area contributed by atoms with Gasteiger partial charge in [-0.05, 0) is 86.4 Å². The van der Waals surface area contributed by atoms with Gasteiger partial charge in [-0.15, -0.1) is 0 Å². The van der Waals surface area contributed by atoms with Crippen molar-refractivity contribution in [2.75, 3.05) is 24.5 Å². The summed E-state index contributed by atoms with van der Waals surface area (Å²) < 4.78 is 39.1. The Kier molecular flexibility index (Phi) is 8.46.